The Labute approximate surface area is 80.1 Å². The van der Waals surface area contributed by atoms with Gasteiger partial charge >= 0.3 is 5.43 Å². The van der Waals surface area contributed by atoms with Crippen LogP contribution in [-0.2, 0) is 9.94 Å². The lowest BCUT2D eigenvalue weighted by Crippen LogP contribution is -1.84. The molecular formula is C8H7ClO2S. The summed E-state index contributed by atoms with van der Waals surface area (Å²) >= 11 is 6.00. The van der Waals surface area contributed by atoms with Gasteiger partial charge in [-0.1, -0.05) is 30.3 Å². The maximum atomic E-state index is 10.2. The van der Waals surface area contributed by atoms with Crippen molar-refractivity contribution >= 4 is 29.1 Å². The van der Waals surface area contributed by atoms with Crippen LogP contribution >= 0.6 is 23.6 Å². The van der Waals surface area contributed by atoms with Crippen molar-refractivity contribution < 1.29 is 8.98 Å². The highest BCUT2D eigenvalue weighted by Crippen LogP contribution is 2.13. The van der Waals surface area contributed by atoms with Crippen molar-refractivity contribution in [2.45, 2.75) is 5.75 Å². The Hall–Kier alpha value is -0.670. The minimum absolute atomic E-state index is 0.624. The first-order valence-electron chi connectivity index (χ1n) is 3.32. The van der Waals surface area contributed by atoms with E-state index in [0.29, 0.717) is 5.75 Å². The van der Waals surface area contributed by atoms with Crippen molar-refractivity contribution in [1.29, 1.82) is 0 Å². The molecule has 0 heterocycles. The van der Waals surface area contributed by atoms with Gasteiger partial charge < -0.3 is 4.18 Å². The zero-order valence-corrected chi connectivity index (χ0v) is 7.77. The van der Waals surface area contributed by atoms with Crippen LogP contribution < -0.4 is 0 Å². The molecule has 0 aromatic heterocycles. The zero-order chi connectivity index (χ0) is 8.81. The van der Waals surface area contributed by atoms with Gasteiger partial charge in [0.05, 0.1) is 17.8 Å². The highest BCUT2D eigenvalue weighted by Gasteiger charge is 1.97. The fourth-order valence-corrected chi connectivity index (χ4v) is 1.33. The lowest BCUT2D eigenvalue weighted by molar-refractivity contribution is 0.232. The summed E-state index contributed by atoms with van der Waals surface area (Å²) in [5.41, 5.74) is 0.316. The number of rotatable bonds is 3. The molecule has 1 aromatic carbocycles. The molecule has 0 bridgehead atoms. The molecule has 0 aliphatic rings. The van der Waals surface area contributed by atoms with Gasteiger partial charge in [-0.2, -0.15) is 0 Å². The van der Waals surface area contributed by atoms with E-state index in [9.17, 15) is 4.79 Å². The van der Waals surface area contributed by atoms with Gasteiger partial charge in [0.25, 0.3) is 0 Å². The van der Waals surface area contributed by atoms with Crippen LogP contribution in [0.3, 0.4) is 0 Å². The fourth-order valence-electron chi connectivity index (χ4n) is 0.718. The SMILES string of the molecule is O=C(Cl)OSCc1ccccc1. The Morgan fingerprint density at radius 2 is 2.08 bits per heavy atom. The summed E-state index contributed by atoms with van der Waals surface area (Å²) in [5, 5.41) is 0. The molecule has 0 unspecified atom stereocenters. The second-order valence-corrected chi connectivity index (χ2v) is 3.07. The van der Waals surface area contributed by atoms with Crippen LogP contribution in [-0.4, -0.2) is 5.43 Å². The van der Waals surface area contributed by atoms with E-state index >= 15 is 0 Å². The predicted octanol–water partition coefficient (Wildman–Crippen LogP) is 3.21. The highest BCUT2D eigenvalue weighted by atomic mass is 35.5. The first kappa shape index (κ1) is 9.42. The molecule has 0 saturated heterocycles. The summed E-state index contributed by atoms with van der Waals surface area (Å²) in [4.78, 5) is 10.2. The number of carbonyl (C=O) groups is 1. The van der Waals surface area contributed by atoms with Gasteiger partial charge in [-0.05, 0) is 5.56 Å². The molecule has 0 saturated carbocycles. The predicted molar refractivity (Wildman–Crippen MR) is 50.1 cm³/mol. The molecule has 0 N–H and O–H groups in total. The number of carbonyl (C=O) groups excluding carboxylic acids is 1. The van der Waals surface area contributed by atoms with Gasteiger partial charge in [0, 0.05) is 11.6 Å². The van der Waals surface area contributed by atoms with Gasteiger partial charge in [0.15, 0.2) is 0 Å². The lowest BCUT2D eigenvalue weighted by atomic mass is 10.2. The van der Waals surface area contributed by atoms with E-state index in [0.717, 1.165) is 17.6 Å². The van der Waals surface area contributed by atoms with E-state index in [1.807, 2.05) is 30.3 Å². The quantitative estimate of drug-likeness (QED) is 0.556. The molecule has 1 aromatic rings. The maximum Gasteiger partial charge on any atom is 0.415 e. The number of halogens is 1. The van der Waals surface area contributed by atoms with Crippen molar-refractivity contribution in [2.75, 3.05) is 0 Å². The van der Waals surface area contributed by atoms with E-state index < -0.39 is 5.43 Å². The lowest BCUT2D eigenvalue weighted by Gasteiger charge is -1.97. The Morgan fingerprint density at radius 1 is 1.42 bits per heavy atom. The van der Waals surface area contributed by atoms with Crippen LogP contribution in [0.15, 0.2) is 30.3 Å². The second kappa shape index (κ2) is 5.06. The zero-order valence-electron chi connectivity index (χ0n) is 6.20. The molecule has 0 aliphatic heterocycles. The standard InChI is InChI=1S/C8H7ClO2S/c9-8(10)11-12-6-7-4-2-1-3-5-7/h1-5H,6H2. The highest BCUT2D eigenvalue weighted by molar-refractivity contribution is 7.94. The number of hydrogen-bond acceptors (Lipinski definition) is 3. The van der Waals surface area contributed by atoms with Gasteiger partial charge in [-0.25, -0.2) is 4.79 Å². The molecule has 2 nitrogen and oxygen atoms in total. The summed E-state index contributed by atoms with van der Waals surface area (Å²) in [6, 6.07) is 9.70. The van der Waals surface area contributed by atoms with E-state index in [2.05, 4.69) is 4.18 Å². The van der Waals surface area contributed by atoms with Crippen LogP contribution in [0.1, 0.15) is 5.56 Å². The van der Waals surface area contributed by atoms with Crippen LogP contribution in [0.25, 0.3) is 0 Å². The third-order valence-corrected chi connectivity index (χ3v) is 2.08. The molecule has 0 amide bonds. The van der Waals surface area contributed by atoms with Gasteiger partial charge in [0.1, 0.15) is 0 Å². The summed E-state index contributed by atoms with van der Waals surface area (Å²) in [6.07, 6.45) is 0. The van der Waals surface area contributed by atoms with Crippen molar-refractivity contribution in [3.63, 3.8) is 0 Å². The van der Waals surface area contributed by atoms with Crippen molar-refractivity contribution in [3.8, 4) is 0 Å². The second-order valence-electron chi connectivity index (χ2n) is 2.07. The first-order chi connectivity index (χ1) is 5.79. The number of hydrogen-bond donors (Lipinski definition) is 0. The Bertz CT molecular complexity index is 250. The normalized spacial score (nSPS) is 9.42. The fraction of sp³-hybridized carbons (Fsp3) is 0.125. The van der Waals surface area contributed by atoms with E-state index in [1.165, 1.54) is 0 Å². The summed E-state index contributed by atoms with van der Waals surface area (Å²) in [6.45, 7) is 0. The van der Waals surface area contributed by atoms with Crippen molar-refractivity contribution in [3.05, 3.63) is 35.9 Å². The van der Waals surface area contributed by atoms with Gasteiger partial charge in [-0.15, -0.1) is 0 Å². The average molecular weight is 203 g/mol. The average Bonchev–Trinajstić information content (AvgIpc) is 2.05. The molecule has 4 heteroatoms. The molecule has 0 radical (unpaired) electrons. The summed E-state index contributed by atoms with van der Waals surface area (Å²) in [5.74, 6) is 0.624. The molecular weight excluding hydrogens is 196 g/mol. The molecule has 1 rings (SSSR count). The third-order valence-electron chi connectivity index (χ3n) is 1.19. The van der Waals surface area contributed by atoms with Crippen LogP contribution in [0.4, 0.5) is 4.79 Å². The Kier molecular flexibility index (Phi) is 3.97. The molecule has 0 atom stereocenters. The molecule has 0 fully saturated rings. The maximum absolute atomic E-state index is 10.2. The van der Waals surface area contributed by atoms with Crippen LogP contribution in [0.5, 0.6) is 0 Å². The molecule has 64 valence electrons. The van der Waals surface area contributed by atoms with Gasteiger partial charge in [-0.3, -0.25) is 0 Å². The van der Waals surface area contributed by atoms with Crippen molar-refractivity contribution in [1.82, 2.24) is 0 Å². The van der Waals surface area contributed by atoms with Crippen LogP contribution in [0.2, 0.25) is 0 Å². The molecule has 0 aliphatic carbocycles. The Morgan fingerprint density at radius 3 is 2.67 bits per heavy atom. The topological polar surface area (TPSA) is 26.3 Å². The largest absolute Gasteiger partial charge is 0.415 e. The minimum Gasteiger partial charge on any atom is -0.379 e. The van der Waals surface area contributed by atoms with E-state index in [1.54, 1.807) is 0 Å². The monoisotopic (exact) mass is 202 g/mol. The third kappa shape index (κ3) is 3.64. The molecule has 0 spiro atoms. The summed E-state index contributed by atoms with van der Waals surface area (Å²) < 4.78 is 4.49. The summed E-state index contributed by atoms with van der Waals surface area (Å²) in [7, 11) is 0. The number of benzene rings is 1. The van der Waals surface area contributed by atoms with Crippen LogP contribution in [0, 0.1) is 0 Å². The molecule has 12 heavy (non-hydrogen) atoms. The first-order valence-corrected chi connectivity index (χ1v) is 4.61. The van der Waals surface area contributed by atoms with E-state index in [-0.39, 0.29) is 0 Å². The Balaban J connectivity index is 2.29. The van der Waals surface area contributed by atoms with Gasteiger partial charge in [0.2, 0.25) is 0 Å². The minimum atomic E-state index is -0.782. The smallest absolute Gasteiger partial charge is 0.379 e. The van der Waals surface area contributed by atoms with Crippen molar-refractivity contribution in [2.24, 2.45) is 0 Å². The van der Waals surface area contributed by atoms with E-state index in [4.69, 9.17) is 11.6 Å².